The summed E-state index contributed by atoms with van der Waals surface area (Å²) in [7, 11) is 2.14. The van der Waals surface area contributed by atoms with Gasteiger partial charge in [0.1, 0.15) is 5.82 Å². The second-order valence-corrected chi connectivity index (χ2v) is 8.43. The first-order valence-electron chi connectivity index (χ1n) is 10.6. The Morgan fingerprint density at radius 2 is 2.00 bits per heavy atom. The van der Waals surface area contributed by atoms with Crippen LogP contribution in [0.4, 0.5) is 0 Å². The zero-order valence-corrected chi connectivity index (χ0v) is 16.6. The molecule has 0 atom stereocenters. The topological polar surface area (TPSA) is 53.9 Å². The molecule has 0 bridgehead atoms. The lowest BCUT2D eigenvalue weighted by atomic mass is 9.88. The maximum Gasteiger partial charge on any atom is 0.254 e. The molecular formula is C23H28N4O. The first-order chi connectivity index (χ1) is 13.7. The van der Waals surface area contributed by atoms with Gasteiger partial charge in [0.25, 0.3) is 5.56 Å². The van der Waals surface area contributed by atoms with Crippen molar-refractivity contribution in [1.82, 2.24) is 19.4 Å². The van der Waals surface area contributed by atoms with E-state index in [9.17, 15) is 4.79 Å². The molecule has 5 rings (SSSR count). The summed E-state index contributed by atoms with van der Waals surface area (Å²) in [5, 5.41) is 1.28. The number of benzene rings is 1. The number of nitrogens with one attached hydrogen (secondary N) is 1. The Kier molecular flexibility index (Phi) is 4.55. The molecular weight excluding hydrogens is 348 g/mol. The molecule has 3 aromatic rings. The van der Waals surface area contributed by atoms with Gasteiger partial charge in [-0.1, -0.05) is 37.5 Å². The Balaban J connectivity index is 1.40. The Labute approximate surface area is 165 Å². The van der Waals surface area contributed by atoms with Crippen LogP contribution in [0, 0.1) is 0 Å². The number of aromatic nitrogens is 3. The van der Waals surface area contributed by atoms with E-state index in [4.69, 9.17) is 4.98 Å². The number of nitrogens with zero attached hydrogens (tertiary/aromatic N) is 3. The van der Waals surface area contributed by atoms with Gasteiger partial charge in [-0.25, -0.2) is 4.98 Å². The monoisotopic (exact) mass is 376 g/mol. The fraction of sp³-hybridized carbons (Fsp3) is 0.478. The van der Waals surface area contributed by atoms with Crippen molar-refractivity contribution in [3.05, 3.63) is 63.5 Å². The minimum atomic E-state index is 0.0924. The fourth-order valence-corrected chi connectivity index (χ4v) is 4.94. The Bertz CT molecular complexity index is 1060. The molecule has 0 radical (unpaired) electrons. The van der Waals surface area contributed by atoms with E-state index >= 15 is 0 Å². The standard InChI is InChI=1S/C23H28N4O/c1-26-18(13-17-9-5-6-10-21(17)26)14-27-12-11-19-20(15-27)24-22(25-23(19)28)16-7-3-2-4-8-16/h5-6,9-10,13,16H,2-4,7-8,11-12,14-15H2,1H3,(H,24,25,28). The van der Waals surface area contributed by atoms with Crippen LogP contribution in [-0.2, 0) is 26.6 Å². The largest absolute Gasteiger partial charge is 0.346 e. The van der Waals surface area contributed by atoms with Gasteiger partial charge in [-0.15, -0.1) is 0 Å². The smallest absolute Gasteiger partial charge is 0.254 e. The Morgan fingerprint density at radius 1 is 1.18 bits per heavy atom. The molecule has 1 N–H and O–H groups in total. The number of aromatic amines is 1. The first-order valence-corrected chi connectivity index (χ1v) is 10.6. The van der Waals surface area contributed by atoms with Gasteiger partial charge in [0.2, 0.25) is 0 Å². The molecule has 1 aromatic carbocycles. The third-order valence-electron chi connectivity index (χ3n) is 6.60. The van der Waals surface area contributed by atoms with Gasteiger partial charge in [-0.3, -0.25) is 9.69 Å². The molecule has 0 amide bonds. The van der Waals surface area contributed by atoms with E-state index in [2.05, 4.69) is 51.8 Å². The molecule has 1 saturated carbocycles. The highest BCUT2D eigenvalue weighted by Gasteiger charge is 2.25. The number of rotatable bonds is 3. The first kappa shape index (κ1) is 17.7. The average Bonchev–Trinajstić information content (AvgIpc) is 3.04. The SMILES string of the molecule is Cn1c(CN2CCc3c(nc(C4CCCCC4)[nH]c3=O)C2)cc2ccccc21. The van der Waals surface area contributed by atoms with Crippen LogP contribution in [0.3, 0.4) is 0 Å². The van der Waals surface area contributed by atoms with E-state index in [1.807, 2.05) is 0 Å². The number of para-hydroxylation sites is 1. The summed E-state index contributed by atoms with van der Waals surface area (Å²) in [6.45, 7) is 2.56. The third kappa shape index (κ3) is 3.18. The second-order valence-electron chi connectivity index (χ2n) is 8.43. The van der Waals surface area contributed by atoms with Crippen molar-refractivity contribution in [2.24, 2.45) is 7.05 Å². The van der Waals surface area contributed by atoms with Crippen LogP contribution in [0.15, 0.2) is 35.1 Å². The van der Waals surface area contributed by atoms with Crippen LogP contribution < -0.4 is 5.56 Å². The summed E-state index contributed by atoms with van der Waals surface area (Å²) >= 11 is 0. The number of hydrogen-bond donors (Lipinski definition) is 1. The fourth-order valence-electron chi connectivity index (χ4n) is 4.94. The summed E-state index contributed by atoms with van der Waals surface area (Å²) in [6.07, 6.45) is 6.90. The maximum atomic E-state index is 12.6. The zero-order valence-electron chi connectivity index (χ0n) is 16.6. The van der Waals surface area contributed by atoms with Gasteiger partial charge in [0.15, 0.2) is 0 Å². The molecule has 3 heterocycles. The lowest BCUT2D eigenvalue weighted by molar-refractivity contribution is 0.235. The van der Waals surface area contributed by atoms with Gasteiger partial charge in [-0.2, -0.15) is 0 Å². The molecule has 0 saturated heterocycles. The molecule has 5 nitrogen and oxygen atoms in total. The number of fused-ring (bicyclic) bond motifs is 2. The van der Waals surface area contributed by atoms with Crippen molar-refractivity contribution in [2.75, 3.05) is 6.54 Å². The van der Waals surface area contributed by atoms with E-state index in [1.165, 1.54) is 35.9 Å². The van der Waals surface area contributed by atoms with Gasteiger partial charge in [0.05, 0.1) is 5.69 Å². The number of hydrogen-bond acceptors (Lipinski definition) is 3. The minimum Gasteiger partial charge on any atom is -0.346 e. The highest BCUT2D eigenvalue weighted by molar-refractivity contribution is 5.81. The van der Waals surface area contributed by atoms with E-state index < -0.39 is 0 Å². The van der Waals surface area contributed by atoms with Crippen molar-refractivity contribution in [2.45, 2.75) is 57.5 Å². The summed E-state index contributed by atoms with van der Waals surface area (Å²) in [4.78, 5) is 23.1. The Morgan fingerprint density at radius 3 is 2.82 bits per heavy atom. The van der Waals surface area contributed by atoms with Crippen molar-refractivity contribution in [1.29, 1.82) is 0 Å². The van der Waals surface area contributed by atoms with Gasteiger partial charge in [0, 0.05) is 49.4 Å². The van der Waals surface area contributed by atoms with Crippen LogP contribution in [0.2, 0.25) is 0 Å². The van der Waals surface area contributed by atoms with Crippen LogP contribution >= 0.6 is 0 Å². The lowest BCUT2D eigenvalue weighted by Crippen LogP contribution is -2.36. The predicted octanol–water partition coefficient (Wildman–Crippen LogP) is 3.87. The minimum absolute atomic E-state index is 0.0924. The van der Waals surface area contributed by atoms with Crippen molar-refractivity contribution < 1.29 is 0 Å². The number of H-pyrrole nitrogens is 1. The summed E-state index contributed by atoms with van der Waals surface area (Å²) in [5.74, 6) is 1.36. The molecule has 2 aliphatic rings. The van der Waals surface area contributed by atoms with Gasteiger partial charge in [-0.05, 0) is 36.8 Å². The summed E-state index contributed by atoms with van der Waals surface area (Å²) in [6, 6.07) is 10.8. The highest BCUT2D eigenvalue weighted by atomic mass is 16.1. The molecule has 1 aliphatic carbocycles. The Hall–Kier alpha value is -2.40. The average molecular weight is 377 g/mol. The van der Waals surface area contributed by atoms with Crippen LogP contribution in [-0.4, -0.2) is 26.0 Å². The van der Waals surface area contributed by atoms with E-state index in [-0.39, 0.29) is 5.56 Å². The summed E-state index contributed by atoms with van der Waals surface area (Å²) < 4.78 is 2.28. The lowest BCUT2D eigenvalue weighted by Gasteiger charge is -2.29. The quantitative estimate of drug-likeness (QED) is 0.755. The summed E-state index contributed by atoms with van der Waals surface area (Å²) in [5.41, 5.74) is 4.56. The van der Waals surface area contributed by atoms with Crippen molar-refractivity contribution >= 4 is 10.9 Å². The third-order valence-corrected chi connectivity index (χ3v) is 6.60. The van der Waals surface area contributed by atoms with E-state index in [0.717, 1.165) is 56.0 Å². The van der Waals surface area contributed by atoms with Gasteiger partial charge < -0.3 is 9.55 Å². The zero-order chi connectivity index (χ0) is 19.1. The van der Waals surface area contributed by atoms with Gasteiger partial charge >= 0.3 is 0 Å². The van der Waals surface area contributed by atoms with Crippen LogP contribution in [0.5, 0.6) is 0 Å². The molecule has 1 fully saturated rings. The number of aryl methyl sites for hydroxylation is 1. The highest BCUT2D eigenvalue weighted by Crippen LogP contribution is 2.31. The predicted molar refractivity (Wildman–Crippen MR) is 111 cm³/mol. The van der Waals surface area contributed by atoms with E-state index in [0.29, 0.717) is 5.92 Å². The maximum absolute atomic E-state index is 12.6. The van der Waals surface area contributed by atoms with Crippen molar-refractivity contribution in [3.8, 4) is 0 Å². The molecule has 5 heteroatoms. The molecule has 28 heavy (non-hydrogen) atoms. The molecule has 0 spiro atoms. The second kappa shape index (κ2) is 7.21. The van der Waals surface area contributed by atoms with Crippen LogP contribution in [0.1, 0.15) is 60.8 Å². The van der Waals surface area contributed by atoms with Crippen molar-refractivity contribution in [3.63, 3.8) is 0 Å². The normalized spacial score (nSPS) is 18.5. The molecule has 0 unspecified atom stereocenters. The molecule has 146 valence electrons. The molecule has 1 aliphatic heterocycles. The van der Waals surface area contributed by atoms with E-state index in [1.54, 1.807) is 0 Å². The molecule has 2 aromatic heterocycles. The van der Waals surface area contributed by atoms with Crippen LogP contribution in [0.25, 0.3) is 10.9 Å².